The largest absolute Gasteiger partial charge is 0.363 e. The number of rotatable bonds is 6. The fourth-order valence-corrected chi connectivity index (χ4v) is 3.84. The zero-order valence-corrected chi connectivity index (χ0v) is 17.7. The molecule has 0 amide bonds. The van der Waals surface area contributed by atoms with Gasteiger partial charge in [0.05, 0.1) is 17.1 Å². The van der Waals surface area contributed by atoms with Crippen molar-refractivity contribution in [3.8, 4) is 22.5 Å². The summed E-state index contributed by atoms with van der Waals surface area (Å²) < 4.78 is 1.80. The number of aromatic nitrogens is 5. The van der Waals surface area contributed by atoms with E-state index >= 15 is 0 Å². The second kappa shape index (κ2) is 8.66. The maximum atomic E-state index is 11.9. The van der Waals surface area contributed by atoms with Crippen LogP contribution in [0.1, 0.15) is 5.69 Å². The molecule has 0 atom stereocenters. The minimum atomic E-state index is -0.247. The number of hydrogen-bond acceptors (Lipinski definition) is 7. The van der Waals surface area contributed by atoms with Crippen molar-refractivity contribution in [2.45, 2.75) is 11.4 Å². The van der Waals surface area contributed by atoms with Gasteiger partial charge < -0.3 is 10.3 Å². The standard InChI is InChI=1S/C23H19N7OS/c24-32-19-12-16(13-27-23(19)31)21-28-22(26-14-17-8-4-5-10-25-17)20-18(9-11-30(20)29-21)15-6-2-1-3-7-15/h1-13H,14,24H2,(H,27,31)(H,26,28,29). The molecular weight excluding hydrogens is 422 g/mol. The molecule has 4 aromatic heterocycles. The number of nitrogens with two attached hydrogens (primary N) is 1. The SMILES string of the molecule is NSc1cc(-c2nc(NCc3ccccn3)c3c(-c4ccccc4)ccn3n2)c[nH]c1=O. The van der Waals surface area contributed by atoms with Gasteiger partial charge in [-0.15, -0.1) is 5.10 Å². The van der Waals surface area contributed by atoms with Gasteiger partial charge in [-0.05, 0) is 41.8 Å². The lowest BCUT2D eigenvalue weighted by Crippen LogP contribution is -2.11. The predicted octanol–water partition coefficient (Wildman–Crippen LogP) is 3.72. The highest BCUT2D eigenvalue weighted by Crippen LogP contribution is 2.31. The lowest BCUT2D eigenvalue weighted by Gasteiger charge is -2.12. The first-order chi connectivity index (χ1) is 15.7. The topological polar surface area (TPSA) is 114 Å². The molecule has 0 aliphatic rings. The summed E-state index contributed by atoms with van der Waals surface area (Å²) in [6.45, 7) is 0.502. The van der Waals surface area contributed by atoms with Gasteiger partial charge in [0.25, 0.3) is 5.56 Å². The number of aromatic amines is 1. The van der Waals surface area contributed by atoms with Crippen molar-refractivity contribution in [2.24, 2.45) is 5.14 Å². The molecule has 9 heteroatoms. The third kappa shape index (κ3) is 3.86. The van der Waals surface area contributed by atoms with E-state index in [0.717, 1.165) is 34.3 Å². The summed E-state index contributed by atoms with van der Waals surface area (Å²) in [5.74, 6) is 1.13. The van der Waals surface area contributed by atoms with E-state index in [9.17, 15) is 4.79 Å². The van der Waals surface area contributed by atoms with Crippen LogP contribution in [0.2, 0.25) is 0 Å². The maximum absolute atomic E-state index is 11.9. The van der Waals surface area contributed by atoms with Crippen molar-refractivity contribution < 1.29 is 0 Å². The first-order valence-corrected chi connectivity index (χ1v) is 10.8. The zero-order valence-electron chi connectivity index (χ0n) is 16.9. The Kier molecular flexibility index (Phi) is 5.40. The average molecular weight is 442 g/mol. The molecule has 5 rings (SSSR count). The Morgan fingerprint density at radius 3 is 2.69 bits per heavy atom. The van der Waals surface area contributed by atoms with Crippen molar-refractivity contribution in [3.05, 3.63) is 95.3 Å². The highest BCUT2D eigenvalue weighted by atomic mass is 32.2. The highest BCUT2D eigenvalue weighted by molar-refractivity contribution is 7.97. The Morgan fingerprint density at radius 1 is 1.06 bits per heavy atom. The van der Waals surface area contributed by atoms with Crippen LogP contribution in [0.15, 0.2) is 88.9 Å². The Labute approximate surface area is 187 Å². The number of H-pyrrole nitrogens is 1. The maximum Gasteiger partial charge on any atom is 0.262 e. The molecule has 0 aliphatic carbocycles. The molecule has 0 bridgehead atoms. The van der Waals surface area contributed by atoms with Crippen LogP contribution in [0.4, 0.5) is 5.82 Å². The Hall–Kier alpha value is -3.95. The van der Waals surface area contributed by atoms with Crippen LogP contribution >= 0.6 is 11.9 Å². The molecule has 8 nitrogen and oxygen atoms in total. The summed E-state index contributed by atoms with van der Waals surface area (Å²) >= 11 is 0.891. The van der Waals surface area contributed by atoms with E-state index in [1.54, 1.807) is 23.0 Å². The molecule has 4 heterocycles. The van der Waals surface area contributed by atoms with Crippen molar-refractivity contribution in [1.29, 1.82) is 0 Å². The Morgan fingerprint density at radius 2 is 1.91 bits per heavy atom. The van der Waals surface area contributed by atoms with Gasteiger partial charge in [0.1, 0.15) is 5.52 Å². The minimum Gasteiger partial charge on any atom is -0.363 e. The van der Waals surface area contributed by atoms with Crippen molar-refractivity contribution in [3.63, 3.8) is 0 Å². The number of nitrogens with one attached hydrogen (secondary N) is 2. The summed E-state index contributed by atoms with van der Waals surface area (Å²) in [7, 11) is 0. The summed E-state index contributed by atoms with van der Waals surface area (Å²) in [6, 6.07) is 19.6. The molecule has 0 radical (unpaired) electrons. The summed E-state index contributed by atoms with van der Waals surface area (Å²) in [6.07, 6.45) is 5.25. The van der Waals surface area contributed by atoms with Gasteiger partial charge in [0, 0.05) is 29.7 Å². The molecule has 0 saturated carbocycles. The molecule has 0 aliphatic heterocycles. The van der Waals surface area contributed by atoms with Gasteiger partial charge in [-0.25, -0.2) is 9.50 Å². The van der Waals surface area contributed by atoms with E-state index in [2.05, 4.69) is 27.4 Å². The van der Waals surface area contributed by atoms with E-state index in [-0.39, 0.29) is 5.56 Å². The molecular formula is C23H19N7OS. The van der Waals surface area contributed by atoms with Gasteiger partial charge in [0.2, 0.25) is 0 Å². The molecule has 158 valence electrons. The smallest absolute Gasteiger partial charge is 0.262 e. The highest BCUT2D eigenvalue weighted by Gasteiger charge is 2.16. The number of fused-ring (bicyclic) bond motifs is 1. The second-order valence-electron chi connectivity index (χ2n) is 7.05. The molecule has 5 aromatic rings. The lowest BCUT2D eigenvalue weighted by molar-refractivity contribution is 0.904. The molecule has 0 spiro atoms. The molecule has 4 N–H and O–H groups in total. The second-order valence-corrected chi connectivity index (χ2v) is 7.72. The van der Waals surface area contributed by atoms with E-state index in [1.807, 2.05) is 48.7 Å². The lowest BCUT2D eigenvalue weighted by atomic mass is 10.1. The third-order valence-electron chi connectivity index (χ3n) is 5.01. The first kappa shape index (κ1) is 20.0. The predicted molar refractivity (Wildman–Crippen MR) is 126 cm³/mol. The first-order valence-electron chi connectivity index (χ1n) is 9.91. The van der Waals surface area contributed by atoms with Crippen LogP contribution < -0.4 is 16.0 Å². The fraction of sp³-hybridized carbons (Fsp3) is 0.0435. The number of pyridine rings is 2. The van der Waals surface area contributed by atoms with Crippen LogP contribution in [-0.2, 0) is 6.54 Å². The Bertz CT molecular complexity index is 1430. The van der Waals surface area contributed by atoms with Gasteiger partial charge in [-0.3, -0.25) is 14.9 Å². The molecule has 32 heavy (non-hydrogen) atoms. The average Bonchev–Trinajstić information content (AvgIpc) is 3.28. The minimum absolute atomic E-state index is 0.247. The van der Waals surface area contributed by atoms with E-state index in [0.29, 0.717) is 28.6 Å². The summed E-state index contributed by atoms with van der Waals surface area (Å²) in [5.41, 5.74) is 4.25. The Balaban J connectivity index is 1.65. The van der Waals surface area contributed by atoms with Gasteiger partial charge >= 0.3 is 0 Å². The molecule has 0 unspecified atom stereocenters. The quantitative estimate of drug-likeness (QED) is 0.344. The van der Waals surface area contributed by atoms with Gasteiger partial charge in [-0.2, -0.15) is 0 Å². The molecule has 0 saturated heterocycles. The number of nitrogens with zero attached hydrogens (tertiary/aromatic N) is 4. The monoisotopic (exact) mass is 441 g/mol. The zero-order chi connectivity index (χ0) is 21.9. The van der Waals surface area contributed by atoms with Crippen LogP contribution in [0.25, 0.3) is 28.0 Å². The van der Waals surface area contributed by atoms with Gasteiger partial charge in [0.15, 0.2) is 11.6 Å². The van der Waals surface area contributed by atoms with E-state index < -0.39 is 0 Å². The normalized spacial score (nSPS) is 11.0. The molecule has 1 aromatic carbocycles. The van der Waals surface area contributed by atoms with Crippen LogP contribution in [0.5, 0.6) is 0 Å². The number of hydrogen-bond donors (Lipinski definition) is 3. The number of benzene rings is 1. The number of anilines is 1. The van der Waals surface area contributed by atoms with Crippen molar-refractivity contribution >= 4 is 23.3 Å². The van der Waals surface area contributed by atoms with Crippen molar-refractivity contribution in [2.75, 3.05) is 5.32 Å². The van der Waals surface area contributed by atoms with Crippen molar-refractivity contribution in [1.82, 2.24) is 24.6 Å². The van der Waals surface area contributed by atoms with Crippen LogP contribution in [0.3, 0.4) is 0 Å². The summed E-state index contributed by atoms with van der Waals surface area (Å²) in [4.78, 5) is 24.2. The van der Waals surface area contributed by atoms with Gasteiger partial charge in [-0.1, -0.05) is 36.4 Å². The molecule has 0 fully saturated rings. The summed E-state index contributed by atoms with van der Waals surface area (Å²) in [5, 5.41) is 13.7. The fourth-order valence-electron chi connectivity index (χ4n) is 3.48. The van der Waals surface area contributed by atoms with E-state index in [1.165, 1.54) is 0 Å². The van der Waals surface area contributed by atoms with Crippen LogP contribution in [0, 0.1) is 0 Å². The van der Waals surface area contributed by atoms with Crippen LogP contribution in [-0.4, -0.2) is 24.6 Å². The third-order valence-corrected chi connectivity index (χ3v) is 5.57. The van der Waals surface area contributed by atoms with E-state index in [4.69, 9.17) is 15.2 Å².